The first-order valence-electron chi connectivity index (χ1n) is 5.42. The van der Waals surface area contributed by atoms with Crippen LogP contribution in [0.2, 0.25) is 0 Å². The van der Waals surface area contributed by atoms with E-state index in [1.807, 2.05) is 17.1 Å². The Bertz CT molecular complexity index is 473. The zero-order chi connectivity index (χ0) is 11.0. The molecule has 0 saturated carbocycles. The molecule has 1 atom stereocenters. The molecule has 1 aliphatic heterocycles. The molecule has 4 nitrogen and oxygen atoms in total. The largest absolute Gasteiger partial charge is 0.356 e. The molecule has 0 fully saturated rings. The van der Waals surface area contributed by atoms with Gasteiger partial charge in [0.1, 0.15) is 0 Å². The van der Waals surface area contributed by atoms with Crippen molar-refractivity contribution in [2.45, 2.75) is 18.9 Å². The second kappa shape index (κ2) is 3.63. The molecule has 2 aliphatic rings. The summed E-state index contributed by atoms with van der Waals surface area (Å²) in [6.07, 6.45) is 10.4. The molecule has 1 aliphatic carbocycles. The Morgan fingerprint density at radius 3 is 3.38 bits per heavy atom. The minimum Gasteiger partial charge on any atom is -0.356 e. The van der Waals surface area contributed by atoms with E-state index in [0.717, 1.165) is 42.7 Å². The minimum absolute atomic E-state index is 0.108. The Kier molecular flexibility index (Phi) is 2.13. The molecule has 2 heterocycles. The number of aromatic nitrogens is 1. The zero-order valence-corrected chi connectivity index (χ0v) is 8.80. The van der Waals surface area contributed by atoms with Crippen LogP contribution in [0.1, 0.15) is 17.7 Å². The van der Waals surface area contributed by atoms with Crippen molar-refractivity contribution < 1.29 is 9.32 Å². The summed E-state index contributed by atoms with van der Waals surface area (Å²) >= 11 is 0. The van der Waals surface area contributed by atoms with Gasteiger partial charge in [-0.3, -0.25) is 4.79 Å². The van der Waals surface area contributed by atoms with Crippen molar-refractivity contribution in [1.29, 1.82) is 0 Å². The quantitative estimate of drug-likeness (QED) is 0.667. The minimum atomic E-state index is 0.108. The Balaban J connectivity index is 2.10. The van der Waals surface area contributed by atoms with E-state index in [0.29, 0.717) is 0 Å². The standard InChI is InChI=1S/C12H12N2O2/c15-8-14-6-5-9-7-13-16-12(9)10-3-1-2-4-11(10)14/h1-3,7-8,11H,4-6H2. The highest BCUT2D eigenvalue weighted by atomic mass is 16.5. The third-order valence-corrected chi connectivity index (χ3v) is 3.21. The van der Waals surface area contributed by atoms with Gasteiger partial charge in [0.2, 0.25) is 6.41 Å². The molecule has 1 amide bonds. The maximum Gasteiger partial charge on any atom is 0.210 e. The molecule has 0 N–H and O–H groups in total. The fourth-order valence-corrected chi connectivity index (χ4v) is 2.37. The van der Waals surface area contributed by atoms with E-state index in [1.165, 1.54) is 0 Å². The van der Waals surface area contributed by atoms with Crippen LogP contribution in [0.15, 0.2) is 28.9 Å². The zero-order valence-electron chi connectivity index (χ0n) is 8.80. The molecule has 1 unspecified atom stereocenters. The fourth-order valence-electron chi connectivity index (χ4n) is 2.37. The fraction of sp³-hybridized carbons (Fsp3) is 0.333. The topological polar surface area (TPSA) is 46.3 Å². The molecule has 0 aromatic carbocycles. The molecule has 16 heavy (non-hydrogen) atoms. The Labute approximate surface area is 93.2 Å². The van der Waals surface area contributed by atoms with Gasteiger partial charge < -0.3 is 9.42 Å². The van der Waals surface area contributed by atoms with Crippen molar-refractivity contribution in [1.82, 2.24) is 10.1 Å². The first-order chi connectivity index (χ1) is 7.90. The van der Waals surface area contributed by atoms with Crippen LogP contribution in [0, 0.1) is 0 Å². The van der Waals surface area contributed by atoms with Crippen molar-refractivity contribution in [2.75, 3.05) is 6.54 Å². The SMILES string of the molecule is O=CN1CCc2cnoc2C2=CC=CCC21. The van der Waals surface area contributed by atoms with Crippen molar-refractivity contribution in [3.8, 4) is 0 Å². The second-order valence-electron chi connectivity index (χ2n) is 4.08. The van der Waals surface area contributed by atoms with Crippen molar-refractivity contribution in [2.24, 2.45) is 0 Å². The van der Waals surface area contributed by atoms with Gasteiger partial charge in [0.25, 0.3) is 0 Å². The third-order valence-electron chi connectivity index (χ3n) is 3.21. The summed E-state index contributed by atoms with van der Waals surface area (Å²) in [5.41, 5.74) is 2.16. The number of carbonyl (C=O) groups excluding carboxylic acids is 1. The molecule has 0 radical (unpaired) electrons. The van der Waals surface area contributed by atoms with Gasteiger partial charge in [-0.25, -0.2) is 0 Å². The highest BCUT2D eigenvalue weighted by Crippen LogP contribution is 2.32. The summed E-state index contributed by atoms with van der Waals surface area (Å²) in [5.74, 6) is 0.846. The van der Waals surface area contributed by atoms with Gasteiger partial charge >= 0.3 is 0 Å². The Morgan fingerprint density at radius 1 is 1.56 bits per heavy atom. The highest BCUT2D eigenvalue weighted by Gasteiger charge is 2.30. The number of rotatable bonds is 1. The molecular formula is C12H12N2O2. The number of amides is 1. The number of fused-ring (bicyclic) bond motifs is 3. The molecule has 0 saturated heterocycles. The number of hydrogen-bond acceptors (Lipinski definition) is 3. The van der Waals surface area contributed by atoms with Gasteiger partial charge in [0.05, 0.1) is 12.2 Å². The van der Waals surface area contributed by atoms with Gasteiger partial charge in [-0.05, 0) is 12.8 Å². The summed E-state index contributed by atoms with van der Waals surface area (Å²) in [6, 6.07) is 0.108. The first kappa shape index (κ1) is 9.39. The van der Waals surface area contributed by atoms with Gasteiger partial charge in [-0.1, -0.05) is 23.4 Å². The van der Waals surface area contributed by atoms with E-state index >= 15 is 0 Å². The van der Waals surface area contributed by atoms with Crippen LogP contribution in [0.3, 0.4) is 0 Å². The Hall–Kier alpha value is -1.84. The average molecular weight is 216 g/mol. The van der Waals surface area contributed by atoms with E-state index < -0.39 is 0 Å². The van der Waals surface area contributed by atoms with Crippen LogP contribution in [0.25, 0.3) is 5.57 Å². The lowest BCUT2D eigenvalue weighted by molar-refractivity contribution is -0.119. The molecule has 3 rings (SSSR count). The Morgan fingerprint density at radius 2 is 2.50 bits per heavy atom. The lowest BCUT2D eigenvalue weighted by Gasteiger charge is -2.27. The molecule has 82 valence electrons. The van der Waals surface area contributed by atoms with Crippen molar-refractivity contribution in [3.05, 3.63) is 35.7 Å². The number of carbonyl (C=O) groups is 1. The maximum absolute atomic E-state index is 11.1. The third kappa shape index (κ3) is 1.30. The van der Waals surface area contributed by atoms with E-state index in [1.54, 1.807) is 6.20 Å². The molecule has 0 spiro atoms. The maximum atomic E-state index is 11.1. The summed E-state index contributed by atoms with van der Waals surface area (Å²) in [5, 5.41) is 3.84. The lowest BCUT2D eigenvalue weighted by atomic mass is 9.95. The normalized spacial score (nSPS) is 23.1. The number of nitrogens with zero attached hydrogens (tertiary/aromatic N) is 2. The average Bonchev–Trinajstić information content (AvgIpc) is 2.73. The van der Waals surface area contributed by atoms with Crippen LogP contribution in [-0.2, 0) is 11.2 Å². The van der Waals surface area contributed by atoms with Crippen LogP contribution >= 0.6 is 0 Å². The first-order valence-corrected chi connectivity index (χ1v) is 5.42. The molecular weight excluding hydrogens is 204 g/mol. The molecule has 0 bridgehead atoms. The predicted molar refractivity (Wildman–Crippen MR) is 58.5 cm³/mol. The second-order valence-corrected chi connectivity index (χ2v) is 4.08. The van der Waals surface area contributed by atoms with E-state index in [9.17, 15) is 4.79 Å². The van der Waals surface area contributed by atoms with Gasteiger partial charge in [-0.2, -0.15) is 0 Å². The lowest BCUT2D eigenvalue weighted by Crippen LogP contribution is -2.35. The number of hydrogen-bond donors (Lipinski definition) is 0. The van der Waals surface area contributed by atoms with Gasteiger partial charge in [0, 0.05) is 17.7 Å². The van der Waals surface area contributed by atoms with Crippen LogP contribution in [0.4, 0.5) is 0 Å². The summed E-state index contributed by atoms with van der Waals surface area (Å²) in [4.78, 5) is 12.9. The molecule has 1 aromatic heterocycles. The van der Waals surface area contributed by atoms with Crippen molar-refractivity contribution in [3.63, 3.8) is 0 Å². The van der Waals surface area contributed by atoms with E-state index in [-0.39, 0.29) is 6.04 Å². The van der Waals surface area contributed by atoms with Crippen LogP contribution < -0.4 is 0 Å². The van der Waals surface area contributed by atoms with E-state index in [4.69, 9.17) is 4.52 Å². The van der Waals surface area contributed by atoms with E-state index in [2.05, 4.69) is 11.2 Å². The molecule has 1 aromatic rings. The highest BCUT2D eigenvalue weighted by molar-refractivity contribution is 5.74. The van der Waals surface area contributed by atoms with Crippen LogP contribution in [-0.4, -0.2) is 29.1 Å². The van der Waals surface area contributed by atoms with Crippen LogP contribution in [0.5, 0.6) is 0 Å². The predicted octanol–water partition coefficient (Wildman–Crippen LogP) is 1.40. The summed E-state index contributed by atoms with van der Waals surface area (Å²) in [6.45, 7) is 0.730. The monoisotopic (exact) mass is 216 g/mol. The molecule has 4 heteroatoms. The number of allylic oxidation sites excluding steroid dienone is 2. The summed E-state index contributed by atoms with van der Waals surface area (Å²) in [7, 11) is 0. The smallest absolute Gasteiger partial charge is 0.210 e. The van der Waals surface area contributed by atoms with Gasteiger partial charge in [-0.15, -0.1) is 0 Å². The van der Waals surface area contributed by atoms with Crippen molar-refractivity contribution >= 4 is 12.0 Å². The van der Waals surface area contributed by atoms with Gasteiger partial charge in [0.15, 0.2) is 5.76 Å². The summed E-state index contributed by atoms with van der Waals surface area (Å²) < 4.78 is 5.30.